The molecule has 120 valence electrons. The van der Waals surface area contributed by atoms with Crippen molar-refractivity contribution in [3.05, 3.63) is 54.1 Å². The van der Waals surface area contributed by atoms with Crippen molar-refractivity contribution in [2.45, 2.75) is 11.8 Å². The number of hydrogen-bond donors (Lipinski definition) is 3. The van der Waals surface area contributed by atoms with E-state index in [1.54, 1.807) is 24.3 Å². The Morgan fingerprint density at radius 3 is 1.78 bits per heavy atom. The standard InChI is InChI=1S/C15H15N3O4S/c1-10(19)17-12-4-6-13(7-5-12)18-15(20)11-2-8-14(9-3-11)23(16,21)22/h2-9H,1H3,(H,17,19)(H,18,20)(H2,16,21,22). The topological polar surface area (TPSA) is 118 Å². The highest BCUT2D eigenvalue weighted by molar-refractivity contribution is 7.89. The highest BCUT2D eigenvalue weighted by Crippen LogP contribution is 2.15. The minimum absolute atomic E-state index is 0.0614. The van der Waals surface area contributed by atoms with Gasteiger partial charge in [-0.3, -0.25) is 9.59 Å². The molecule has 2 aromatic carbocycles. The van der Waals surface area contributed by atoms with Crippen LogP contribution in [0.2, 0.25) is 0 Å². The quantitative estimate of drug-likeness (QED) is 0.786. The summed E-state index contributed by atoms with van der Waals surface area (Å²) in [4.78, 5) is 22.9. The van der Waals surface area contributed by atoms with Crippen molar-refractivity contribution in [1.29, 1.82) is 0 Å². The summed E-state index contributed by atoms with van der Waals surface area (Å²) in [6, 6.07) is 11.9. The fraction of sp³-hybridized carbons (Fsp3) is 0.0667. The van der Waals surface area contributed by atoms with Gasteiger partial charge in [0.2, 0.25) is 15.9 Å². The average Bonchev–Trinajstić information content (AvgIpc) is 2.48. The summed E-state index contributed by atoms with van der Waals surface area (Å²) in [6.45, 7) is 1.40. The van der Waals surface area contributed by atoms with Crippen molar-refractivity contribution in [3.63, 3.8) is 0 Å². The first-order valence-corrected chi connectivity index (χ1v) is 8.12. The van der Waals surface area contributed by atoms with Gasteiger partial charge in [0, 0.05) is 23.9 Å². The van der Waals surface area contributed by atoms with E-state index in [2.05, 4.69) is 10.6 Å². The Bertz CT molecular complexity index is 828. The van der Waals surface area contributed by atoms with E-state index in [0.717, 1.165) is 0 Å². The van der Waals surface area contributed by atoms with Crippen molar-refractivity contribution in [1.82, 2.24) is 0 Å². The first-order chi connectivity index (χ1) is 10.8. The zero-order chi connectivity index (χ0) is 17.0. The maximum Gasteiger partial charge on any atom is 0.255 e. The molecule has 0 saturated heterocycles. The van der Waals surface area contributed by atoms with Gasteiger partial charge in [0.25, 0.3) is 5.91 Å². The van der Waals surface area contributed by atoms with Crippen LogP contribution in [0.15, 0.2) is 53.4 Å². The van der Waals surface area contributed by atoms with Gasteiger partial charge in [-0.1, -0.05) is 0 Å². The number of amides is 2. The molecule has 2 amide bonds. The van der Waals surface area contributed by atoms with Gasteiger partial charge < -0.3 is 10.6 Å². The van der Waals surface area contributed by atoms with Gasteiger partial charge in [-0.15, -0.1) is 0 Å². The SMILES string of the molecule is CC(=O)Nc1ccc(NC(=O)c2ccc(S(N)(=O)=O)cc2)cc1. The zero-order valence-electron chi connectivity index (χ0n) is 12.2. The molecule has 0 aromatic heterocycles. The molecule has 0 heterocycles. The Kier molecular flexibility index (Phi) is 4.77. The van der Waals surface area contributed by atoms with E-state index in [1.165, 1.54) is 31.2 Å². The number of carbonyl (C=O) groups is 2. The molecule has 0 aliphatic rings. The highest BCUT2D eigenvalue weighted by atomic mass is 32.2. The highest BCUT2D eigenvalue weighted by Gasteiger charge is 2.10. The molecule has 0 spiro atoms. The van der Waals surface area contributed by atoms with Crippen molar-refractivity contribution in [2.75, 3.05) is 10.6 Å². The number of benzene rings is 2. The molecule has 0 aliphatic carbocycles. The lowest BCUT2D eigenvalue weighted by molar-refractivity contribution is -0.114. The number of hydrogen-bond acceptors (Lipinski definition) is 4. The molecule has 0 unspecified atom stereocenters. The van der Waals surface area contributed by atoms with Crippen LogP contribution in [-0.4, -0.2) is 20.2 Å². The van der Waals surface area contributed by atoms with Crippen molar-refractivity contribution < 1.29 is 18.0 Å². The fourth-order valence-corrected chi connectivity index (χ4v) is 2.35. The molecular formula is C15H15N3O4S. The van der Waals surface area contributed by atoms with E-state index >= 15 is 0 Å². The molecule has 0 saturated carbocycles. The zero-order valence-corrected chi connectivity index (χ0v) is 13.1. The Hall–Kier alpha value is -2.71. The molecule has 2 aromatic rings. The van der Waals surface area contributed by atoms with Gasteiger partial charge in [-0.2, -0.15) is 0 Å². The largest absolute Gasteiger partial charge is 0.326 e. The molecule has 0 fully saturated rings. The maximum absolute atomic E-state index is 12.1. The van der Waals surface area contributed by atoms with E-state index in [0.29, 0.717) is 16.9 Å². The smallest absolute Gasteiger partial charge is 0.255 e. The number of sulfonamides is 1. The van der Waals surface area contributed by atoms with Crippen LogP contribution >= 0.6 is 0 Å². The minimum atomic E-state index is -3.79. The second-order valence-electron chi connectivity index (χ2n) is 4.78. The molecule has 2 rings (SSSR count). The lowest BCUT2D eigenvalue weighted by Gasteiger charge is -2.07. The van der Waals surface area contributed by atoms with E-state index in [9.17, 15) is 18.0 Å². The summed E-state index contributed by atoms with van der Waals surface area (Å²) in [5, 5.41) is 10.3. The summed E-state index contributed by atoms with van der Waals surface area (Å²) in [6.07, 6.45) is 0. The number of anilines is 2. The van der Waals surface area contributed by atoms with Gasteiger partial charge >= 0.3 is 0 Å². The minimum Gasteiger partial charge on any atom is -0.326 e. The van der Waals surface area contributed by atoms with Gasteiger partial charge in [-0.25, -0.2) is 13.6 Å². The fourth-order valence-electron chi connectivity index (χ4n) is 1.84. The third-order valence-electron chi connectivity index (χ3n) is 2.91. The Balaban J connectivity index is 2.08. The van der Waals surface area contributed by atoms with Crippen LogP contribution in [0.3, 0.4) is 0 Å². The van der Waals surface area contributed by atoms with Crippen LogP contribution < -0.4 is 15.8 Å². The summed E-state index contributed by atoms with van der Waals surface area (Å²) in [5.74, 6) is -0.574. The van der Waals surface area contributed by atoms with Crippen molar-refractivity contribution in [2.24, 2.45) is 5.14 Å². The summed E-state index contributed by atoms with van der Waals surface area (Å²) < 4.78 is 22.3. The Morgan fingerprint density at radius 1 is 0.870 bits per heavy atom. The lowest BCUT2D eigenvalue weighted by atomic mass is 10.2. The van der Waals surface area contributed by atoms with Crippen LogP contribution in [0, 0.1) is 0 Å². The van der Waals surface area contributed by atoms with E-state index in [4.69, 9.17) is 5.14 Å². The number of rotatable bonds is 4. The molecular weight excluding hydrogens is 318 g/mol. The maximum atomic E-state index is 12.1. The predicted octanol–water partition coefficient (Wildman–Crippen LogP) is 1.54. The predicted molar refractivity (Wildman–Crippen MR) is 86.5 cm³/mol. The van der Waals surface area contributed by atoms with Crippen LogP contribution in [-0.2, 0) is 14.8 Å². The van der Waals surface area contributed by atoms with Crippen LogP contribution in [0.1, 0.15) is 17.3 Å². The molecule has 0 bridgehead atoms. The monoisotopic (exact) mass is 333 g/mol. The van der Waals surface area contributed by atoms with Crippen LogP contribution in [0.5, 0.6) is 0 Å². The summed E-state index contributed by atoms with van der Waals surface area (Å²) in [7, 11) is -3.79. The molecule has 8 heteroatoms. The average molecular weight is 333 g/mol. The molecule has 0 radical (unpaired) electrons. The van der Waals surface area contributed by atoms with Gasteiger partial charge in [0.05, 0.1) is 4.90 Å². The lowest BCUT2D eigenvalue weighted by Crippen LogP contribution is -2.14. The van der Waals surface area contributed by atoms with E-state index < -0.39 is 15.9 Å². The Labute approximate surface area is 133 Å². The molecule has 0 atom stereocenters. The van der Waals surface area contributed by atoms with Crippen molar-refractivity contribution >= 4 is 33.2 Å². The number of nitrogens with two attached hydrogens (primary N) is 1. The molecule has 4 N–H and O–H groups in total. The van der Waals surface area contributed by atoms with Crippen LogP contribution in [0.4, 0.5) is 11.4 Å². The summed E-state index contributed by atoms with van der Waals surface area (Å²) in [5.41, 5.74) is 1.45. The van der Waals surface area contributed by atoms with E-state index in [1.807, 2.05) is 0 Å². The van der Waals surface area contributed by atoms with Gasteiger partial charge in [-0.05, 0) is 48.5 Å². The first kappa shape index (κ1) is 16.7. The normalized spacial score (nSPS) is 10.9. The third kappa shape index (κ3) is 4.63. The number of nitrogens with one attached hydrogen (secondary N) is 2. The van der Waals surface area contributed by atoms with Gasteiger partial charge in [0.15, 0.2) is 0 Å². The number of carbonyl (C=O) groups excluding carboxylic acids is 2. The number of primary sulfonamides is 1. The Morgan fingerprint density at radius 2 is 1.35 bits per heavy atom. The van der Waals surface area contributed by atoms with Gasteiger partial charge in [0.1, 0.15) is 0 Å². The second kappa shape index (κ2) is 6.59. The van der Waals surface area contributed by atoms with Crippen molar-refractivity contribution in [3.8, 4) is 0 Å². The van der Waals surface area contributed by atoms with E-state index in [-0.39, 0.29) is 10.8 Å². The molecule has 23 heavy (non-hydrogen) atoms. The van der Waals surface area contributed by atoms with Crippen LogP contribution in [0.25, 0.3) is 0 Å². The third-order valence-corrected chi connectivity index (χ3v) is 3.84. The molecule has 0 aliphatic heterocycles. The molecule has 7 nitrogen and oxygen atoms in total. The summed E-state index contributed by atoms with van der Waals surface area (Å²) >= 11 is 0. The first-order valence-electron chi connectivity index (χ1n) is 6.57. The second-order valence-corrected chi connectivity index (χ2v) is 6.34.